The second kappa shape index (κ2) is 10.4. The molecule has 0 saturated heterocycles. The van der Waals surface area contributed by atoms with Crippen molar-refractivity contribution in [2.45, 2.75) is 20.3 Å². The lowest BCUT2D eigenvalue weighted by Crippen LogP contribution is -2.24. The van der Waals surface area contributed by atoms with E-state index >= 15 is 0 Å². The number of benzene rings is 3. The van der Waals surface area contributed by atoms with Crippen molar-refractivity contribution in [3.8, 4) is 22.7 Å². The molecule has 6 nitrogen and oxygen atoms in total. The van der Waals surface area contributed by atoms with Crippen LogP contribution in [0, 0.1) is 6.92 Å². The summed E-state index contributed by atoms with van der Waals surface area (Å²) in [6, 6.07) is 25.7. The molecule has 3 aromatic carbocycles. The van der Waals surface area contributed by atoms with Gasteiger partial charge in [-0.15, -0.1) is 0 Å². The molecule has 0 unspecified atom stereocenters. The summed E-state index contributed by atoms with van der Waals surface area (Å²) in [7, 11) is 0. The van der Waals surface area contributed by atoms with Crippen LogP contribution in [-0.4, -0.2) is 28.5 Å². The van der Waals surface area contributed by atoms with Crippen LogP contribution in [0.2, 0.25) is 0 Å². The molecule has 0 spiro atoms. The van der Waals surface area contributed by atoms with E-state index in [1.54, 1.807) is 6.21 Å². The standard InChI is InChI=1S/C27H26N4O2/c1-3-21-12-14-25(15-13-21)33-19-26(32)29-28-17-23-18-31(24-10-5-4-6-11-24)30-27(23)22-9-7-8-20(2)16-22/h4-18H,3,19H2,1-2H3,(H,29,32)/b28-17-. The predicted octanol–water partition coefficient (Wildman–Crippen LogP) is 4.94. The van der Waals surface area contributed by atoms with Crippen molar-refractivity contribution >= 4 is 12.1 Å². The predicted molar refractivity (Wildman–Crippen MR) is 131 cm³/mol. The number of hydrazone groups is 1. The Hall–Kier alpha value is -4.19. The Morgan fingerprint density at radius 2 is 1.85 bits per heavy atom. The summed E-state index contributed by atoms with van der Waals surface area (Å²) >= 11 is 0. The first-order valence-electron chi connectivity index (χ1n) is 10.9. The molecule has 0 aliphatic heterocycles. The first-order valence-corrected chi connectivity index (χ1v) is 10.9. The minimum atomic E-state index is -0.335. The molecule has 0 aliphatic carbocycles. The second-order valence-corrected chi connectivity index (χ2v) is 7.66. The maximum atomic E-state index is 12.2. The average Bonchev–Trinajstić information content (AvgIpc) is 3.28. The Morgan fingerprint density at radius 1 is 1.06 bits per heavy atom. The number of aromatic nitrogens is 2. The molecule has 0 saturated carbocycles. The number of carbonyl (C=O) groups excluding carboxylic acids is 1. The number of nitrogens with one attached hydrogen (secondary N) is 1. The minimum Gasteiger partial charge on any atom is -0.484 e. The number of hydrogen-bond donors (Lipinski definition) is 1. The first kappa shape index (κ1) is 22.0. The third kappa shape index (κ3) is 5.74. The number of carbonyl (C=O) groups is 1. The van der Waals surface area contributed by atoms with E-state index < -0.39 is 0 Å². The molecule has 33 heavy (non-hydrogen) atoms. The highest BCUT2D eigenvalue weighted by molar-refractivity contribution is 5.89. The summed E-state index contributed by atoms with van der Waals surface area (Å²) in [4.78, 5) is 12.2. The van der Waals surface area contributed by atoms with Gasteiger partial charge in [-0.3, -0.25) is 4.79 Å². The zero-order valence-electron chi connectivity index (χ0n) is 18.7. The lowest BCUT2D eigenvalue weighted by Gasteiger charge is -2.05. The molecular formula is C27H26N4O2. The normalized spacial score (nSPS) is 11.0. The highest BCUT2D eigenvalue weighted by atomic mass is 16.5. The summed E-state index contributed by atoms with van der Waals surface area (Å²) in [5.41, 5.74) is 8.39. The van der Waals surface area contributed by atoms with Crippen molar-refractivity contribution in [1.82, 2.24) is 15.2 Å². The molecule has 1 heterocycles. The van der Waals surface area contributed by atoms with E-state index in [0.29, 0.717) is 5.75 Å². The molecule has 0 radical (unpaired) electrons. The van der Waals surface area contributed by atoms with Gasteiger partial charge in [-0.25, -0.2) is 10.1 Å². The van der Waals surface area contributed by atoms with Crippen molar-refractivity contribution in [3.63, 3.8) is 0 Å². The largest absolute Gasteiger partial charge is 0.484 e. The van der Waals surface area contributed by atoms with Crippen LogP contribution in [0.15, 0.2) is 90.2 Å². The van der Waals surface area contributed by atoms with Gasteiger partial charge in [0.25, 0.3) is 5.91 Å². The fourth-order valence-electron chi connectivity index (χ4n) is 3.39. The topological polar surface area (TPSA) is 68.5 Å². The Kier molecular flexibility index (Phi) is 6.95. The lowest BCUT2D eigenvalue weighted by atomic mass is 10.1. The average molecular weight is 439 g/mol. The molecule has 0 bridgehead atoms. The van der Waals surface area contributed by atoms with Crippen molar-refractivity contribution < 1.29 is 9.53 Å². The van der Waals surface area contributed by atoms with Crippen LogP contribution in [0.5, 0.6) is 5.75 Å². The minimum absolute atomic E-state index is 0.114. The summed E-state index contributed by atoms with van der Waals surface area (Å²) in [5, 5.41) is 8.91. The van der Waals surface area contributed by atoms with Crippen molar-refractivity contribution in [2.75, 3.05) is 6.61 Å². The van der Waals surface area contributed by atoms with Crippen molar-refractivity contribution in [1.29, 1.82) is 0 Å². The fraction of sp³-hybridized carbons (Fsp3) is 0.148. The molecule has 4 rings (SSSR count). The highest BCUT2D eigenvalue weighted by Crippen LogP contribution is 2.23. The van der Waals surface area contributed by atoms with Gasteiger partial charge in [-0.05, 0) is 49.2 Å². The molecular weight excluding hydrogens is 412 g/mol. The second-order valence-electron chi connectivity index (χ2n) is 7.66. The Labute approximate surface area is 193 Å². The SMILES string of the molecule is CCc1ccc(OCC(=O)N/N=C\c2cn(-c3ccccc3)nc2-c2cccc(C)c2)cc1. The van der Waals surface area contributed by atoms with E-state index in [-0.39, 0.29) is 12.5 Å². The van der Waals surface area contributed by atoms with Crippen LogP contribution in [0.4, 0.5) is 0 Å². The maximum absolute atomic E-state index is 12.2. The van der Waals surface area contributed by atoms with Gasteiger partial charge in [0.2, 0.25) is 0 Å². The third-order valence-corrected chi connectivity index (χ3v) is 5.15. The van der Waals surface area contributed by atoms with Gasteiger partial charge in [-0.2, -0.15) is 10.2 Å². The van der Waals surface area contributed by atoms with E-state index in [0.717, 1.165) is 34.5 Å². The Morgan fingerprint density at radius 3 is 2.58 bits per heavy atom. The van der Waals surface area contributed by atoms with Crippen LogP contribution in [0.1, 0.15) is 23.6 Å². The number of amides is 1. The number of nitrogens with zero attached hydrogens (tertiary/aromatic N) is 3. The van der Waals surface area contributed by atoms with Crippen molar-refractivity contribution in [3.05, 3.63) is 102 Å². The summed E-state index contributed by atoms with van der Waals surface area (Å²) in [6.45, 7) is 4.02. The van der Waals surface area contributed by atoms with Gasteiger partial charge in [0.05, 0.1) is 11.9 Å². The van der Waals surface area contributed by atoms with E-state index in [2.05, 4.69) is 23.5 Å². The molecule has 1 N–H and O–H groups in total. The molecule has 4 aromatic rings. The van der Waals surface area contributed by atoms with Gasteiger partial charge in [0.15, 0.2) is 6.61 Å². The summed E-state index contributed by atoms with van der Waals surface area (Å²) in [5.74, 6) is 0.315. The van der Waals surface area contributed by atoms with Gasteiger partial charge in [0.1, 0.15) is 11.4 Å². The van der Waals surface area contributed by atoms with Crippen LogP contribution < -0.4 is 10.2 Å². The van der Waals surface area contributed by atoms with E-state index in [1.165, 1.54) is 5.56 Å². The van der Waals surface area contributed by atoms with Crippen LogP contribution in [-0.2, 0) is 11.2 Å². The third-order valence-electron chi connectivity index (χ3n) is 5.15. The van der Waals surface area contributed by atoms with Crippen LogP contribution in [0.3, 0.4) is 0 Å². The molecule has 0 aliphatic rings. The number of hydrogen-bond acceptors (Lipinski definition) is 4. The van der Waals surface area contributed by atoms with E-state index in [9.17, 15) is 4.79 Å². The molecule has 0 atom stereocenters. The number of rotatable bonds is 8. The Balaban J connectivity index is 1.47. The van der Waals surface area contributed by atoms with Gasteiger partial charge in [0, 0.05) is 17.3 Å². The molecule has 166 valence electrons. The van der Waals surface area contributed by atoms with Gasteiger partial charge < -0.3 is 4.74 Å². The smallest absolute Gasteiger partial charge is 0.277 e. The summed E-state index contributed by atoms with van der Waals surface area (Å²) in [6.07, 6.45) is 4.47. The maximum Gasteiger partial charge on any atom is 0.277 e. The molecule has 1 amide bonds. The summed E-state index contributed by atoms with van der Waals surface area (Å²) < 4.78 is 7.35. The lowest BCUT2D eigenvalue weighted by molar-refractivity contribution is -0.123. The van der Waals surface area contributed by atoms with E-state index in [1.807, 2.05) is 90.6 Å². The van der Waals surface area contributed by atoms with Crippen molar-refractivity contribution in [2.24, 2.45) is 5.10 Å². The molecule has 1 aromatic heterocycles. The molecule has 6 heteroatoms. The Bertz CT molecular complexity index is 1240. The van der Waals surface area contributed by atoms with E-state index in [4.69, 9.17) is 9.84 Å². The number of para-hydroxylation sites is 1. The number of ether oxygens (including phenoxy) is 1. The highest BCUT2D eigenvalue weighted by Gasteiger charge is 2.11. The van der Waals surface area contributed by atoms with Crippen LogP contribution in [0.25, 0.3) is 16.9 Å². The van der Waals surface area contributed by atoms with Gasteiger partial charge >= 0.3 is 0 Å². The fourth-order valence-corrected chi connectivity index (χ4v) is 3.39. The zero-order valence-corrected chi connectivity index (χ0v) is 18.7. The molecule has 0 fully saturated rings. The van der Waals surface area contributed by atoms with Gasteiger partial charge in [-0.1, -0.05) is 61.0 Å². The monoisotopic (exact) mass is 438 g/mol. The first-order chi connectivity index (χ1) is 16.1. The van der Waals surface area contributed by atoms with Crippen LogP contribution >= 0.6 is 0 Å². The number of aryl methyl sites for hydroxylation is 2. The zero-order chi connectivity index (χ0) is 23.0. The quantitative estimate of drug-likeness (QED) is 0.313.